The van der Waals surface area contributed by atoms with Crippen LogP contribution in [-0.4, -0.2) is 49.8 Å². The van der Waals surface area contributed by atoms with Crippen LogP contribution in [0.25, 0.3) is 112 Å². The van der Waals surface area contributed by atoms with Crippen molar-refractivity contribution in [3.63, 3.8) is 0 Å². The monoisotopic (exact) mass is 688 g/mol. The number of nitrogens with zero attached hydrogens (tertiary/aromatic N) is 8. The number of fused-ring (bicyclic) bond motifs is 22. The van der Waals surface area contributed by atoms with Gasteiger partial charge in [0.25, 0.3) is 0 Å². The van der Waals surface area contributed by atoms with Crippen molar-refractivity contribution in [2.45, 2.75) is 0 Å². The molecule has 2 aliphatic rings. The minimum absolute atomic E-state index is 0. The molecule has 11 rings (SSSR count). The summed E-state index contributed by atoms with van der Waals surface area (Å²) in [5.41, 5.74) is 6.24. The zero-order valence-corrected chi connectivity index (χ0v) is 28.0. The standard InChI is InChI=1S/C34H18N12O2.Zn/c47-33-35-21-9-17-18(10-22(21)36-33)31-43-27-15-7-3-4-8-16(15)28(40-27)44-32-20-12-24-23(37-34(48)38-24)11-19(20)30(46-32)42-26-14-6-2-1-5-13(14)25(39-26)41-29(17)45-31;/h1-12H,(H6,35,36,37,38,39,40,41,42,43,44,45,46,47,48);/q;+2/p-2. The Morgan fingerprint density at radius 3 is 0.939 bits per heavy atom. The van der Waals surface area contributed by atoms with Crippen molar-refractivity contribution in [1.82, 2.24) is 59.8 Å². The third kappa shape index (κ3) is 3.96. The van der Waals surface area contributed by atoms with E-state index in [4.69, 9.17) is 39.9 Å². The van der Waals surface area contributed by atoms with Gasteiger partial charge in [0.2, 0.25) is 0 Å². The van der Waals surface area contributed by atoms with E-state index >= 15 is 0 Å². The smallest absolute Gasteiger partial charge is 0.357 e. The Morgan fingerprint density at radius 1 is 0.408 bits per heavy atom. The SMILES string of the molecule is O=c1[nH]c2cc3c(cc2[nH]1)-c1nc-3nc2[n-]c(nc3nc(nc4[n-]c(n1)c1ccccc41)-c1cc4[nH]c(=O)[nH]c4cc1-3)c1ccccc21.[Zn+2]. The molecule has 0 aliphatic carbocycles. The fourth-order valence-corrected chi connectivity index (χ4v) is 6.62. The third-order valence-corrected chi connectivity index (χ3v) is 8.78. The molecule has 0 saturated heterocycles. The van der Waals surface area contributed by atoms with Crippen LogP contribution in [0.3, 0.4) is 0 Å². The zero-order valence-electron chi connectivity index (χ0n) is 25.0. The predicted molar refractivity (Wildman–Crippen MR) is 179 cm³/mol. The Morgan fingerprint density at radius 2 is 0.673 bits per heavy atom. The molecule has 4 aromatic carbocycles. The van der Waals surface area contributed by atoms with Gasteiger partial charge in [-0.1, -0.05) is 48.5 Å². The molecule has 15 heteroatoms. The molecule has 0 spiro atoms. The summed E-state index contributed by atoms with van der Waals surface area (Å²) in [7, 11) is 0. The molecule has 0 amide bonds. The van der Waals surface area contributed by atoms with Crippen molar-refractivity contribution in [2.24, 2.45) is 0 Å². The van der Waals surface area contributed by atoms with Crippen LogP contribution in [0.15, 0.2) is 82.4 Å². The van der Waals surface area contributed by atoms with Crippen molar-refractivity contribution >= 4 is 66.2 Å². The van der Waals surface area contributed by atoms with Gasteiger partial charge in [-0.05, 0) is 45.8 Å². The summed E-state index contributed by atoms with van der Waals surface area (Å²) in [5.74, 6) is 1.53. The molecule has 4 N–H and O–H groups in total. The first-order valence-electron chi connectivity index (χ1n) is 15.0. The Kier molecular flexibility index (Phi) is 5.46. The fourth-order valence-electron chi connectivity index (χ4n) is 6.62. The maximum absolute atomic E-state index is 12.2. The van der Waals surface area contributed by atoms with Gasteiger partial charge in [0.15, 0.2) is 0 Å². The number of hydrogen-bond donors (Lipinski definition) is 4. The van der Waals surface area contributed by atoms with Gasteiger partial charge in [0.1, 0.15) is 0 Å². The Bertz CT molecular complexity index is 2790. The van der Waals surface area contributed by atoms with E-state index < -0.39 is 0 Å². The van der Waals surface area contributed by atoms with Gasteiger partial charge in [-0.2, -0.15) is 0 Å². The van der Waals surface area contributed by atoms with E-state index in [1.807, 2.05) is 72.8 Å². The van der Waals surface area contributed by atoms with Gasteiger partial charge in [-0.3, -0.25) is 0 Å². The largest absolute Gasteiger partial charge is 2.00 e. The van der Waals surface area contributed by atoms with Gasteiger partial charge >= 0.3 is 30.9 Å². The van der Waals surface area contributed by atoms with Crippen LogP contribution in [0.5, 0.6) is 0 Å². The van der Waals surface area contributed by atoms with Gasteiger partial charge in [0, 0.05) is 44.8 Å². The minimum atomic E-state index is -0.318. The molecular weight excluding hydrogens is 674 g/mol. The molecule has 49 heavy (non-hydrogen) atoms. The summed E-state index contributed by atoms with van der Waals surface area (Å²) in [4.78, 5) is 75.1. The molecule has 5 aromatic heterocycles. The van der Waals surface area contributed by atoms with Crippen molar-refractivity contribution in [3.8, 4) is 45.6 Å². The van der Waals surface area contributed by atoms with E-state index in [0.717, 1.165) is 21.5 Å². The van der Waals surface area contributed by atoms with Gasteiger partial charge in [-0.25, -0.2) is 19.6 Å². The molecular formula is C34H16N12O2Zn. The van der Waals surface area contributed by atoms with Crippen molar-refractivity contribution in [1.29, 1.82) is 0 Å². The number of nitrogens with one attached hydrogen (secondary N) is 4. The maximum atomic E-state index is 12.2. The second kappa shape index (κ2) is 9.72. The molecule has 0 atom stereocenters. The maximum Gasteiger partial charge on any atom is 2.00 e. The van der Waals surface area contributed by atoms with E-state index in [9.17, 15) is 9.59 Å². The van der Waals surface area contributed by atoms with Crippen LogP contribution in [0.4, 0.5) is 0 Å². The average Bonchev–Trinajstić information content (AvgIpc) is 3.92. The van der Waals surface area contributed by atoms with Crippen LogP contribution in [0.2, 0.25) is 0 Å². The average molecular weight is 690 g/mol. The molecule has 14 nitrogen and oxygen atoms in total. The number of rotatable bonds is 0. The van der Waals surface area contributed by atoms with Gasteiger partial charge in [-0.15, -0.1) is 0 Å². The first-order chi connectivity index (χ1) is 23.5. The summed E-state index contributed by atoms with van der Waals surface area (Å²) in [5, 5.41) is 3.10. The number of imidazole rings is 2. The number of aromatic amines is 4. The molecule has 9 aromatic rings. The van der Waals surface area contributed by atoms with E-state index in [-0.39, 0.29) is 30.9 Å². The summed E-state index contributed by atoms with van der Waals surface area (Å²) in [6.07, 6.45) is 0. The third-order valence-electron chi connectivity index (χ3n) is 8.78. The molecule has 7 heterocycles. The number of benzene rings is 4. The number of aromatic nitrogens is 12. The second-order valence-electron chi connectivity index (χ2n) is 11.6. The molecule has 0 unspecified atom stereocenters. The summed E-state index contributed by atoms with van der Waals surface area (Å²) >= 11 is 0. The molecule has 2 aliphatic heterocycles. The topological polar surface area (TPSA) is 203 Å². The van der Waals surface area contributed by atoms with Gasteiger partial charge in [0.05, 0.1) is 45.4 Å². The first-order valence-corrected chi connectivity index (χ1v) is 15.0. The van der Waals surface area contributed by atoms with Crippen molar-refractivity contribution < 1.29 is 19.5 Å². The van der Waals surface area contributed by atoms with E-state index in [1.165, 1.54) is 0 Å². The summed E-state index contributed by atoms with van der Waals surface area (Å²) < 4.78 is 0. The van der Waals surface area contributed by atoms with E-state index in [2.05, 4.69) is 19.9 Å². The van der Waals surface area contributed by atoms with Crippen LogP contribution in [0.1, 0.15) is 0 Å². The van der Waals surface area contributed by atoms with Crippen LogP contribution >= 0.6 is 0 Å². The quantitative estimate of drug-likeness (QED) is 0.165. The van der Waals surface area contributed by atoms with Crippen LogP contribution in [-0.2, 0) is 19.5 Å². The van der Waals surface area contributed by atoms with E-state index in [1.54, 1.807) is 0 Å². The van der Waals surface area contributed by atoms with Crippen molar-refractivity contribution in [3.05, 3.63) is 93.8 Å². The minimum Gasteiger partial charge on any atom is -0.357 e. The van der Waals surface area contributed by atoms with Crippen molar-refractivity contribution in [2.75, 3.05) is 0 Å². The normalized spacial score (nSPS) is 12.1. The Hall–Kier alpha value is -6.60. The Labute approximate surface area is 284 Å². The number of hydrogen-bond acceptors (Lipinski definition) is 8. The number of H-pyrrole nitrogens is 4. The van der Waals surface area contributed by atoms with Crippen LogP contribution in [0, 0.1) is 0 Å². The molecule has 0 radical (unpaired) electrons. The first kappa shape index (κ1) is 27.5. The predicted octanol–water partition coefficient (Wildman–Crippen LogP) is 4.46. The molecule has 0 fully saturated rings. The molecule has 226 valence electrons. The Balaban J connectivity index is 0.00000306. The molecule has 8 bridgehead atoms. The van der Waals surface area contributed by atoms with Crippen LogP contribution < -0.4 is 21.3 Å². The molecule has 0 saturated carbocycles. The summed E-state index contributed by atoms with van der Waals surface area (Å²) in [6, 6.07) is 22.7. The zero-order chi connectivity index (χ0) is 31.7. The fraction of sp³-hybridized carbons (Fsp3) is 0. The van der Waals surface area contributed by atoms with E-state index in [0.29, 0.717) is 90.2 Å². The second-order valence-corrected chi connectivity index (χ2v) is 11.6. The summed E-state index contributed by atoms with van der Waals surface area (Å²) in [6.45, 7) is 0. The van der Waals surface area contributed by atoms with Gasteiger partial charge < -0.3 is 49.8 Å².